The van der Waals surface area contributed by atoms with E-state index in [1.54, 1.807) is 6.07 Å². The first-order chi connectivity index (χ1) is 13.5. The highest BCUT2D eigenvalue weighted by atomic mass is 16.5. The minimum absolute atomic E-state index is 0.0464. The average Bonchev–Trinajstić information content (AvgIpc) is 2.71. The molecule has 4 N–H and O–H groups in total. The van der Waals surface area contributed by atoms with Crippen LogP contribution in [0.1, 0.15) is 27.0 Å². The molecular weight excluding hydrogens is 362 g/mol. The molecule has 1 amide bonds. The lowest BCUT2D eigenvalue weighted by Gasteiger charge is -2.14. The van der Waals surface area contributed by atoms with Crippen LogP contribution in [-0.2, 0) is 6.42 Å². The number of nitrogens with one attached hydrogen (secondary N) is 2. The normalized spacial score (nSPS) is 9.39. The highest BCUT2D eigenvalue weighted by Crippen LogP contribution is 2.28. The fourth-order valence-electron chi connectivity index (χ4n) is 2.41. The van der Waals surface area contributed by atoms with E-state index in [4.69, 9.17) is 20.5 Å². The molecular formula is C18H15N7O3. The molecule has 10 nitrogen and oxygen atoms in total. The molecule has 1 aromatic carbocycles. The summed E-state index contributed by atoms with van der Waals surface area (Å²) in [6.45, 7) is 0. The van der Waals surface area contributed by atoms with Crippen LogP contribution in [0, 0.1) is 34.0 Å². The van der Waals surface area contributed by atoms with E-state index in [-0.39, 0.29) is 40.3 Å². The predicted molar refractivity (Wildman–Crippen MR) is 98.0 cm³/mol. The van der Waals surface area contributed by atoms with Crippen molar-refractivity contribution >= 4 is 17.5 Å². The molecule has 28 heavy (non-hydrogen) atoms. The Morgan fingerprint density at radius 3 is 2.39 bits per heavy atom. The van der Waals surface area contributed by atoms with E-state index in [9.17, 15) is 15.3 Å². The zero-order valence-corrected chi connectivity index (χ0v) is 15.0. The van der Waals surface area contributed by atoms with Gasteiger partial charge in [0.1, 0.15) is 23.5 Å². The van der Waals surface area contributed by atoms with Crippen molar-refractivity contribution in [3.63, 3.8) is 0 Å². The standard InChI is InChI=1S/C18H15N7O3/c1-27-14-4-3-10(7-15(14)28-2)18(26)25-24-17-13(9-21)11(5-6-19)12(8-20)16(22)23-17/h3-4,7H,5H2,1-2H3,(H,25,26)(H3,22,23,24). The number of nitrogens with two attached hydrogens (primary N) is 1. The van der Waals surface area contributed by atoms with Crippen LogP contribution in [-0.4, -0.2) is 25.1 Å². The smallest absolute Gasteiger partial charge is 0.269 e. The summed E-state index contributed by atoms with van der Waals surface area (Å²) in [5.74, 6) is 0.0514. The first-order valence-electron chi connectivity index (χ1n) is 7.78. The first-order valence-corrected chi connectivity index (χ1v) is 7.78. The number of carbonyl (C=O) groups excluding carboxylic acids is 1. The van der Waals surface area contributed by atoms with Crippen molar-refractivity contribution in [3.05, 3.63) is 40.5 Å². The molecule has 2 rings (SSSR count). The van der Waals surface area contributed by atoms with E-state index in [0.717, 1.165) is 0 Å². The van der Waals surface area contributed by atoms with Crippen molar-refractivity contribution in [1.29, 1.82) is 15.8 Å². The third kappa shape index (κ3) is 3.85. The molecule has 1 aromatic heterocycles. The number of nitrogens with zero attached hydrogens (tertiary/aromatic N) is 4. The summed E-state index contributed by atoms with van der Waals surface area (Å²) in [5, 5.41) is 27.6. The zero-order valence-electron chi connectivity index (χ0n) is 15.0. The van der Waals surface area contributed by atoms with E-state index in [0.29, 0.717) is 11.5 Å². The van der Waals surface area contributed by atoms with E-state index in [2.05, 4.69) is 15.8 Å². The van der Waals surface area contributed by atoms with Crippen molar-refractivity contribution < 1.29 is 14.3 Å². The number of pyridine rings is 1. The lowest BCUT2D eigenvalue weighted by molar-refractivity contribution is 0.0962. The number of hydrogen-bond acceptors (Lipinski definition) is 9. The summed E-state index contributed by atoms with van der Waals surface area (Å²) in [7, 11) is 2.92. The van der Waals surface area contributed by atoms with Gasteiger partial charge in [0.2, 0.25) is 0 Å². The van der Waals surface area contributed by atoms with Gasteiger partial charge in [-0.05, 0) is 18.2 Å². The number of rotatable bonds is 6. The molecule has 0 aliphatic rings. The van der Waals surface area contributed by atoms with Crippen LogP contribution < -0.4 is 26.1 Å². The molecule has 0 spiro atoms. The Labute approximate surface area is 160 Å². The molecule has 0 unspecified atom stereocenters. The number of nitrogen functional groups attached to an aromatic ring is 1. The number of carbonyl (C=O) groups is 1. The maximum absolute atomic E-state index is 12.4. The Balaban J connectivity index is 2.32. The molecule has 0 bridgehead atoms. The summed E-state index contributed by atoms with van der Waals surface area (Å²) in [4.78, 5) is 16.3. The highest BCUT2D eigenvalue weighted by Gasteiger charge is 2.19. The summed E-state index contributed by atoms with van der Waals surface area (Å²) < 4.78 is 10.3. The van der Waals surface area contributed by atoms with Crippen molar-refractivity contribution in [2.24, 2.45) is 0 Å². The number of methoxy groups -OCH3 is 2. The lowest BCUT2D eigenvalue weighted by Crippen LogP contribution is -2.30. The topological polar surface area (TPSA) is 170 Å². The number of hydrazine groups is 1. The van der Waals surface area contributed by atoms with Gasteiger partial charge in [-0.1, -0.05) is 0 Å². The van der Waals surface area contributed by atoms with Crippen LogP contribution >= 0.6 is 0 Å². The SMILES string of the molecule is COc1ccc(C(=O)NNc2nc(N)c(C#N)c(CC#N)c2C#N)cc1OC. The second-order valence-corrected chi connectivity index (χ2v) is 5.28. The van der Waals surface area contributed by atoms with Gasteiger partial charge in [-0.15, -0.1) is 0 Å². The number of aromatic nitrogens is 1. The Morgan fingerprint density at radius 2 is 1.82 bits per heavy atom. The molecule has 0 fully saturated rings. The van der Waals surface area contributed by atoms with Gasteiger partial charge in [0.05, 0.1) is 32.3 Å². The highest BCUT2D eigenvalue weighted by molar-refractivity contribution is 5.95. The van der Waals surface area contributed by atoms with Gasteiger partial charge >= 0.3 is 0 Å². The first kappa shape index (κ1) is 19.8. The molecule has 0 saturated heterocycles. The van der Waals surface area contributed by atoms with Crippen molar-refractivity contribution in [3.8, 4) is 29.7 Å². The third-order valence-corrected chi connectivity index (χ3v) is 3.75. The molecule has 140 valence electrons. The van der Waals surface area contributed by atoms with Gasteiger partial charge < -0.3 is 15.2 Å². The van der Waals surface area contributed by atoms with Gasteiger partial charge in [0.25, 0.3) is 5.91 Å². The summed E-state index contributed by atoms with van der Waals surface area (Å²) in [6, 6.07) is 10.1. The molecule has 0 aliphatic heterocycles. The quantitative estimate of drug-likeness (QED) is 0.627. The Morgan fingerprint density at radius 1 is 1.14 bits per heavy atom. The number of anilines is 2. The minimum Gasteiger partial charge on any atom is -0.493 e. The fraction of sp³-hybridized carbons (Fsp3) is 0.167. The van der Waals surface area contributed by atoms with E-state index in [1.165, 1.54) is 26.4 Å². The number of benzene rings is 1. The van der Waals surface area contributed by atoms with Crippen molar-refractivity contribution in [2.45, 2.75) is 6.42 Å². The minimum atomic E-state index is -0.545. The monoisotopic (exact) mass is 377 g/mol. The average molecular weight is 377 g/mol. The van der Waals surface area contributed by atoms with E-state index >= 15 is 0 Å². The Hall–Kier alpha value is -4.49. The van der Waals surface area contributed by atoms with Gasteiger partial charge in [0.15, 0.2) is 17.3 Å². The molecule has 0 atom stereocenters. The van der Waals surface area contributed by atoms with Crippen LogP contribution in [0.15, 0.2) is 18.2 Å². The van der Waals surface area contributed by atoms with Crippen LogP contribution in [0.2, 0.25) is 0 Å². The largest absolute Gasteiger partial charge is 0.493 e. The van der Waals surface area contributed by atoms with Crippen molar-refractivity contribution in [2.75, 3.05) is 25.4 Å². The zero-order chi connectivity index (χ0) is 20.7. The predicted octanol–water partition coefficient (Wildman–Crippen LogP) is 1.25. The van der Waals surface area contributed by atoms with E-state index < -0.39 is 5.91 Å². The Kier molecular flexibility index (Phi) is 6.19. The van der Waals surface area contributed by atoms with Crippen LogP contribution in [0.4, 0.5) is 11.6 Å². The number of nitriles is 3. The van der Waals surface area contributed by atoms with Gasteiger partial charge in [-0.25, -0.2) is 4.98 Å². The number of hydrogen-bond donors (Lipinski definition) is 3. The molecule has 0 radical (unpaired) electrons. The third-order valence-electron chi connectivity index (χ3n) is 3.75. The second kappa shape index (κ2) is 8.75. The Bertz CT molecular complexity index is 1050. The molecule has 10 heteroatoms. The second-order valence-electron chi connectivity index (χ2n) is 5.28. The lowest BCUT2D eigenvalue weighted by atomic mass is 10.0. The van der Waals surface area contributed by atoms with Gasteiger partial charge in [0, 0.05) is 11.1 Å². The summed E-state index contributed by atoms with van der Waals surface area (Å²) in [6.07, 6.45) is -0.211. The fourth-order valence-corrected chi connectivity index (χ4v) is 2.41. The van der Waals surface area contributed by atoms with Crippen LogP contribution in [0.25, 0.3) is 0 Å². The van der Waals surface area contributed by atoms with Crippen LogP contribution in [0.3, 0.4) is 0 Å². The number of amides is 1. The number of ether oxygens (including phenoxy) is 2. The summed E-state index contributed by atoms with van der Waals surface area (Å²) >= 11 is 0. The van der Waals surface area contributed by atoms with Gasteiger partial charge in [-0.3, -0.25) is 15.6 Å². The van der Waals surface area contributed by atoms with Gasteiger partial charge in [-0.2, -0.15) is 15.8 Å². The van der Waals surface area contributed by atoms with Crippen molar-refractivity contribution in [1.82, 2.24) is 10.4 Å². The summed E-state index contributed by atoms with van der Waals surface area (Å²) in [5.41, 5.74) is 10.9. The van der Waals surface area contributed by atoms with Crippen LogP contribution in [0.5, 0.6) is 11.5 Å². The molecule has 0 saturated carbocycles. The maximum Gasteiger partial charge on any atom is 0.269 e. The maximum atomic E-state index is 12.4. The molecule has 1 heterocycles. The molecule has 0 aliphatic carbocycles. The van der Waals surface area contributed by atoms with E-state index in [1.807, 2.05) is 18.2 Å². The molecule has 2 aromatic rings.